The Morgan fingerprint density at radius 3 is 2.96 bits per heavy atom. The van der Waals surface area contributed by atoms with Crippen molar-refractivity contribution in [2.45, 2.75) is 44.8 Å². The van der Waals surface area contributed by atoms with Crippen LogP contribution in [-0.4, -0.2) is 35.2 Å². The molecule has 0 unspecified atom stereocenters. The fraction of sp³-hybridized carbons (Fsp3) is 0.429. The van der Waals surface area contributed by atoms with Crippen LogP contribution in [0.1, 0.15) is 36.0 Å². The minimum absolute atomic E-state index is 0.0812. The van der Waals surface area contributed by atoms with Gasteiger partial charge in [-0.25, -0.2) is 4.79 Å². The van der Waals surface area contributed by atoms with Gasteiger partial charge < -0.3 is 15.0 Å². The van der Waals surface area contributed by atoms with Crippen molar-refractivity contribution in [1.82, 2.24) is 9.88 Å². The van der Waals surface area contributed by atoms with E-state index in [2.05, 4.69) is 22.4 Å². The zero-order valence-electron chi connectivity index (χ0n) is 15.0. The highest BCUT2D eigenvalue weighted by Crippen LogP contribution is 2.25. The first kappa shape index (κ1) is 17.0. The molecule has 2 aliphatic rings. The van der Waals surface area contributed by atoms with E-state index in [1.54, 1.807) is 6.20 Å². The van der Waals surface area contributed by atoms with Gasteiger partial charge >= 0.3 is 6.03 Å². The van der Waals surface area contributed by atoms with E-state index in [0.717, 1.165) is 43.5 Å². The average Bonchev–Trinajstić information content (AvgIpc) is 3.33. The van der Waals surface area contributed by atoms with Gasteiger partial charge in [0.15, 0.2) is 0 Å². The Morgan fingerprint density at radius 2 is 2.15 bits per heavy atom. The number of urea groups is 1. The lowest BCUT2D eigenvalue weighted by molar-refractivity contribution is 0.0819. The van der Waals surface area contributed by atoms with Gasteiger partial charge in [-0.15, -0.1) is 0 Å². The topological polar surface area (TPSA) is 54.5 Å². The van der Waals surface area contributed by atoms with Crippen molar-refractivity contribution in [2.75, 3.05) is 18.5 Å². The highest BCUT2D eigenvalue weighted by molar-refractivity contribution is 5.89. The molecule has 1 N–H and O–H groups in total. The lowest BCUT2D eigenvalue weighted by Crippen LogP contribution is -2.39. The van der Waals surface area contributed by atoms with E-state index in [4.69, 9.17) is 4.74 Å². The molecular weight excluding hydrogens is 326 g/mol. The van der Waals surface area contributed by atoms with Crippen molar-refractivity contribution in [3.8, 4) is 0 Å². The zero-order valence-corrected chi connectivity index (χ0v) is 15.0. The number of nitrogens with zero attached hydrogens (tertiary/aromatic N) is 2. The standard InChI is InChI=1S/C21H25N3O2/c25-21(23-19-9-8-17-5-1-6-18(17)12-19)24(15-20-7-3-11-26-20)14-16-4-2-10-22-13-16/h2,4,8-10,12-13,20H,1,3,5-7,11,14-15H2,(H,23,25)/t20-/m0/s1. The third kappa shape index (κ3) is 4.05. The molecule has 136 valence electrons. The van der Waals surface area contributed by atoms with Crippen molar-refractivity contribution in [3.63, 3.8) is 0 Å². The molecule has 0 saturated carbocycles. The predicted octanol–water partition coefficient (Wildman–Crippen LogP) is 3.78. The summed E-state index contributed by atoms with van der Waals surface area (Å²) in [7, 11) is 0. The highest BCUT2D eigenvalue weighted by Gasteiger charge is 2.23. The number of aryl methyl sites for hydroxylation is 2. The van der Waals surface area contributed by atoms with Crippen molar-refractivity contribution in [2.24, 2.45) is 0 Å². The summed E-state index contributed by atoms with van der Waals surface area (Å²) in [4.78, 5) is 18.9. The van der Waals surface area contributed by atoms with E-state index in [9.17, 15) is 4.79 Å². The van der Waals surface area contributed by atoms with Crippen molar-refractivity contribution in [3.05, 3.63) is 59.4 Å². The van der Waals surface area contributed by atoms with Crippen molar-refractivity contribution < 1.29 is 9.53 Å². The number of carbonyl (C=O) groups excluding carboxylic acids is 1. The number of hydrogen-bond acceptors (Lipinski definition) is 3. The van der Waals surface area contributed by atoms with Crippen molar-refractivity contribution in [1.29, 1.82) is 0 Å². The SMILES string of the molecule is O=C(Nc1ccc2c(c1)CCC2)N(Cc1cccnc1)C[C@@H]1CCCO1. The first-order valence-corrected chi connectivity index (χ1v) is 9.46. The van der Waals surface area contributed by atoms with Crippen LogP contribution in [0.2, 0.25) is 0 Å². The Morgan fingerprint density at radius 1 is 1.23 bits per heavy atom. The molecule has 1 atom stereocenters. The summed E-state index contributed by atoms with van der Waals surface area (Å²) >= 11 is 0. The van der Waals surface area contributed by atoms with Gasteiger partial charge in [0.1, 0.15) is 0 Å². The van der Waals surface area contributed by atoms with Crippen LogP contribution >= 0.6 is 0 Å². The van der Waals surface area contributed by atoms with Crippen LogP contribution in [0.5, 0.6) is 0 Å². The van der Waals surface area contributed by atoms with Gasteiger partial charge in [-0.2, -0.15) is 0 Å². The van der Waals surface area contributed by atoms with E-state index in [1.165, 1.54) is 17.5 Å². The monoisotopic (exact) mass is 351 g/mol. The smallest absolute Gasteiger partial charge is 0.322 e. The lowest BCUT2D eigenvalue weighted by Gasteiger charge is -2.26. The molecule has 1 aliphatic heterocycles. The number of benzene rings is 1. The number of ether oxygens (including phenoxy) is 1. The molecular formula is C21H25N3O2. The summed E-state index contributed by atoms with van der Waals surface area (Å²) in [6.45, 7) is 1.92. The quantitative estimate of drug-likeness (QED) is 0.892. The van der Waals surface area contributed by atoms with Gasteiger partial charge in [-0.3, -0.25) is 4.98 Å². The minimum Gasteiger partial charge on any atom is -0.376 e. The van der Waals surface area contributed by atoms with Gasteiger partial charge in [0.2, 0.25) is 0 Å². The Hall–Kier alpha value is -2.40. The van der Waals surface area contributed by atoms with Gasteiger partial charge in [0.05, 0.1) is 6.10 Å². The van der Waals surface area contributed by atoms with Gasteiger partial charge in [-0.05, 0) is 67.0 Å². The summed E-state index contributed by atoms with van der Waals surface area (Å²) in [6.07, 6.45) is 9.22. The Kier molecular flexibility index (Phi) is 5.16. The number of carbonyl (C=O) groups is 1. The Labute approximate surface area is 154 Å². The molecule has 1 fully saturated rings. The fourth-order valence-corrected chi connectivity index (χ4v) is 3.82. The summed E-state index contributed by atoms with van der Waals surface area (Å²) in [5.74, 6) is 0. The number of aromatic nitrogens is 1. The van der Waals surface area contributed by atoms with Crippen LogP contribution in [0.4, 0.5) is 10.5 Å². The largest absolute Gasteiger partial charge is 0.376 e. The van der Waals surface area contributed by atoms with E-state index in [1.807, 2.05) is 29.3 Å². The molecule has 2 amide bonds. The second kappa shape index (κ2) is 7.87. The van der Waals surface area contributed by atoms with Crippen LogP contribution in [0.25, 0.3) is 0 Å². The number of pyridine rings is 1. The number of nitrogens with one attached hydrogen (secondary N) is 1. The van der Waals surface area contributed by atoms with Gasteiger partial charge in [0.25, 0.3) is 0 Å². The third-order valence-electron chi connectivity index (χ3n) is 5.18. The van der Waals surface area contributed by atoms with Gasteiger partial charge in [-0.1, -0.05) is 12.1 Å². The van der Waals surface area contributed by atoms with Gasteiger partial charge in [0, 0.05) is 37.8 Å². The molecule has 0 spiro atoms. The average molecular weight is 351 g/mol. The second-order valence-corrected chi connectivity index (χ2v) is 7.14. The number of rotatable bonds is 5. The number of fused-ring (bicyclic) bond motifs is 1. The normalized spacial score (nSPS) is 18.5. The second-order valence-electron chi connectivity index (χ2n) is 7.14. The molecule has 1 aliphatic carbocycles. The molecule has 0 radical (unpaired) electrons. The summed E-state index contributed by atoms with van der Waals surface area (Å²) in [6, 6.07) is 10.1. The molecule has 26 heavy (non-hydrogen) atoms. The molecule has 2 heterocycles. The van der Waals surface area contributed by atoms with Crippen LogP contribution in [0, 0.1) is 0 Å². The van der Waals surface area contributed by atoms with E-state index in [0.29, 0.717) is 13.1 Å². The highest BCUT2D eigenvalue weighted by atomic mass is 16.5. The lowest BCUT2D eigenvalue weighted by atomic mass is 10.1. The molecule has 5 nitrogen and oxygen atoms in total. The van der Waals surface area contributed by atoms with Crippen LogP contribution in [0.15, 0.2) is 42.7 Å². The van der Waals surface area contributed by atoms with E-state index in [-0.39, 0.29) is 12.1 Å². The molecule has 1 aromatic heterocycles. The maximum Gasteiger partial charge on any atom is 0.322 e. The predicted molar refractivity (Wildman–Crippen MR) is 101 cm³/mol. The number of anilines is 1. The summed E-state index contributed by atoms with van der Waals surface area (Å²) < 4.78 is 5.74. The number of hydrogen-bond donors (Lipinski definition) is 1. The summed E-state index contributed by atoms with van der Waals surface area (Å²) in [5, 5.41) is 3.08. The Balaban J connectivity index is 1.47. The zero-order chi connectivity index (χ0) is 17.8. The molecule has 2 aromatic rings. The molecule has 1 saturated heterocycles. The minimum atomic E-state index is -0.0812. The maximum atomic E-state index is 12.9. The molecule has 4 rings (SSSR count). The van der Waals surface area contributed by atoms with Crippen LogP contribution in [0.3, 0.4) is 0 Å². The fourth-order valence-electron chi connectivity index (χ4n) is 3.82. The maximum absolute atomic E-state index is 12.9. The molecule has 0 bridgehead atoms. The number of amides is 2. The Bertz CT molecular complexity index is 757. The van der Waals surface area contributed by atoms with Crippen LogP contribution in [-0.2, 0) is 24.1 Å². The van der Waals surface area contributed by atoms with Crippen molar-refractivity contribution >= 4 is 11.7 Å². The molecule has 5 heteroatoms. The first-order valence-electron chi connectivity index (χ1n) is 9.46. The van der Waals surface area contributed by atoms with E-state index < -0.39 is 0 Å². The third-order valence-corrected chi connectivity index (χ3v) is 5.18. The van der Waals surface area contributed by atoms with Crippen LogP contribution < -0.4 is 5.32 Å². The molecule has 1 aromatic carbocycles. The van der Waals surface area contributed by atoms with E-state index >= 15 is 0 Å². The first-order chi connectivity index (χ1) is 12.8. The summed E-state index contributed by atoms with van der Waals surface area (Å²) in [5.41, 5.74) is 4.67.